The van der Waals surface area contributed by atoms with E-state index in [4.69, 9.17) is 36.7 Å². The number of carbonyl (C=O) groups is 3. The number of piperazine rings is 1. The minimum Gasteiger partial charge on any atom is -0.475 e. The van der Waals surface area contributed by atoms with Crippen molar-refractivity contribution in [1.82, 2.24) is 14.9 Å². The third-order valence-electron chi connectivity index (χ3n) is 7.59. The Labute approximate surface area is 307 Å². The number of alkyl halides is 6. The number of aromatic nitrogens is 2. The van der Waals surface area contributed by atoms with Gasteiger partial charge in [-0.05, 0) is 72.5 Å². The Hall–Kier alpha value is -6.29. The standard InChI is InChI=1S/C30H27ClN8O.2C2HF3O2/c31-26-19-33-29-35-23-5-1-3-20(15-23)7-8-22-17-25(34-28(26)37-29)9-10-27(22)38-11-13-39(14-12-38)30(40)36-24-6-2-4-21(16-24)18-32;2*3-2(4,5)1(6)7/h1-6,9-10,15-17,19H,7-8,11-14H2,(H,36,40)(H2,33,34,35,37);2*(H,6,7). The first-order chi connectivity index (χ1) is 25.4. The van der Waals surface area contributed by atoms with E-state index < -0.39 is 24.3 Å². The Morgan fingerprint density at radius 3 is 2.09 bits per heavy atom. The highest BCUT2D eigenvalue weighted by molar-refractivity contribution is 6.32. The van der Waals surface area contributed by atoms with Gasteiger partial charge in [-0.1, -0.05) is 29.8 Å². The second-order valence-corrected chi connectivity index (χ2v) is 11.8. The number of nitriles is 1. The van der Waals surface area contributed by atoms with Crippen LogP contribution >= 0.6 is 11.6 Å². The lowest BCUT2D eigenvalue weighted by molar-refractivity contribution is -0.193. The number of hydrogen-bond acceptors (Lipinski definition) is 9. The van der Waals surface area contributed by atoms with E-state index in [0.717, 1.165) is 29.9 Å². The Balaban J connectivity index is 0.000000396. The number of aryl methyl sites for hydroxylation is 2. The normalized spacial score (nSPS) is 13.6. The first kappa shape index (κ1) is 40.5. The van der Waals surface area contributed by atoms with Crippen LogP contribution in [-0.4, -0.2) is 81.6 Å². The minimum atomic E-state index is -5.08. The highest BCUT2D eigenvalue weighted by Gasteiger charge is 2.39. The maximum Gasteiger partial charge on any atom is 0.490 e. The lowest BCUT2D eigenvalue weighted by Gasteiger charge is -2.37. The van der Waals surface area contributed by atoms with Crippen LogP contribution in [0.1, 0.15) is 16.7 Å². The largest absolute Gasteiger partial charge is 0.490 e. The summed E-state index contributed by atoms with van der Waals surface area (Å²) in [5.41, 5.74) is 6.53. The Kier molecular flexibility index (Phi) is 13.1. The van der Waals surface area contributed by atoms with Crippen LogP contribution in [0.4, 0.5) is 65.7 Å². The molecule has 2 amide bonds. The number of nitrogens with one attached hydrogen (secondary N) is 3. The number of urea groups is 1. The molecular weight excluding hydrogens is 750 g/mol. The van der Waals surface area contributed by atoms with Crippen molar-refractivity contribution in [3.63, 3.8) is 0 Å². The molecular formula is C34H29ClF6N8O5. The monoisotopic (exact) mass is 778 g/mol. The number of aliphatic carboxylic acids is 2. The summed E-state index contributed by atoms with van der Waals surface area (Å²) in [5, 5.41) is 33.4. The van der Waals surface area contributed by atoms with E-state index in [1.807, 2.05) is 23.1 Å². The molecule has 284 valence electrons. The first-order valence-corrected chi connectivity index (χ1v) is 16.0. The van der Waals surface area contributed by atoms with E-state index in [0.29, 0.717) is 54.2 Å². The number of amides is 2. The summed E-state index contributed by atoms with van der Waals surface area (Å²) in [6, 6.07) is 23.5. The van der Waals surface area contributed by atoms with Gasteiger partial charge < -0.3 is 36.0 Å². The van der Waals surface area contributed by atoms with Gasteiger partial charge in [-0.25, -0.2) is 19.4 Å². The molecule has 3 heterocycles. The average Bonchev–Trinajstić information content (AvgIpc) is 3.12. The topological polar surface area (TPSA) is 184 Å². The molecule has 13 nitrogen and oxygen atoms in total. The number of carbonyl (C=O) groups excluding carboxylic acids is 1. The molecule has 1 aromatic heterocycles. The number of carboxylic acids is 2. The molecule has 3 aromatic carbocycles. The van der Waals surface area contributed by atoms with Crippen LogP contribution < -0.4 is 20.9 Å². The van der Waals surface area contributed by atoms with Gasteiger partial charge in [0.15, 0.2) is 5.82 Å². The van der Waals surface area contributed by atoms with E-state index in [2.05, 4.69) is 61.2 Å². The predicted octanol–water partition coefficient (Wildman–Crippen LogP) is 7.21. The van der Waals surface area contributed by atoms with Crippen LogP contribution in [0.25, 0.3) is 0 Å². The number of nitrogens with zero attached hydrogens (tertiary/aromatic N) is 5. The molecule has 20 heteroatoms. The van der Waals surface area contributed by atoms with Crippen molar-refractivity contribution in [2.24, 2.45) is 0 Å². The maximum absolute atomic E-state index is 12.9. The summed E-state index contributed by atoms with van der Waals surface area (Å²) >= 11 is 6.42. The van der Waals surface area contributed by atoms with Crippen molar-refractivity contribution in [2.75, 3.05) is 47.0 Å². The predicted molar refractivity (Wildman–Crippen MR) is 185 cm³/mol. The van der Waals surface area contributed by atoms with E-state index in [1.54, 1.807) is 30.5 Å². The van der Waals surface area contributed by atoms with Crippen molar-refractivity contribution in [3.05, 3.63) is 94.6 Å². The minimum absolute atomic E-state index is 0.158. The van der Waals surface area contributed by atoms with Gasteiger partial charge in [0.25, 0.3) is 0 Å². The SMILES string of the molecule is N#Cc1cccc(NC(=O)N2CCN(c3ccc4cc3CCc3cccc(c3)Nc3ncc(Cl)c(n3)N4)CC2)c1.O=C(O)C(F)(F)F.O=C(O)C(F)(F)F. The maximum atomic E-state index is 12.9. The molecule has 6 bridgehead atoms. The molecule has 0 aliphatic carbocycles. The van der Waals surface area contributed by atoms with Crippen LogP contribution in [0, 0.1) is 11.3 Å². The van der Waals surface area contributed by atoms with Crippen molar-refractivity contribution in [3.8, 4) is 6.07 Å². The molecule has 2 aliphatic rings. The number of rotatable bonds is 2. The van der Waals surface area contributed by atoms with Crippen molar-refractivity contribution >= 4 is 64.1 Å². The van der Waals surface area contributed by atoms with Crippen LogP contribution in [0.5, 0.6) is 0 Å². The second-order valence-electron chi connectivity index (χ2n) is 11.4. The summed E-state index contributed by atoms with van der Waals surface area (Å²) in [7, 11) is 0. The zero-order chi connectivity index (χ0) is 39.6. The Bertz CT molecular complexity index is 2010. The fourth-order valence-corrected chi connectivity index (χ4v) is 5.19. The average molecular weight is 779 g/mol. The van der Waals surface area contributed by atoms with Crippen LogP contribution in [-0.2, 0) is 22.4 Å². The highest BCUT2D eigenvalue weighted by Crippen LogP contribution is 2.31. The van der Waals surface area contributed by atoms with E-state index in [-0.39, 0.29) is 6.03 Å². The molecule has 1 fully saturated rings. The molecule has 0 atom stereocenters. The van der Waals surface area contributed by atoms with E-state index in [1.165, 1.54) is 11.1 Å². The highest BCUT2D eigenvalue weighted by atomic mass is 35.5. The second kappa shape index (κ2) is 17.5. The number of fused-ring (bicyclic) bond motifs is 6. The van der Waals surface area contributed by atoms with Gasteiger partial charge >= 0.3 is 30.3 Å². The molecule has 4 aromatic rings. The molecule has 6 rings (SSSR count). The first-order valence-electron chi connectivity index (χ1n) is 15.6. The molecule has 1 saturated heterocycles. The van der Waals surface area contributed by atoms with Gasteiger partial charge in [0.2, 0.25) is 5.95 Å². The van der Waals surface area contributed by atoms with Gasteiger partial charge in [-0.15, -0.1) is 0 Å². The molecule has 0 radical (unpaired) electrons. The number of hydrogen-bond donors (Lipinski definition) is 5. The summed E-state index contributed by atoms with van der Waals surface area (Å²) < 4.78 is 63.5. The van der Waals surface area contributed by atoms with Gasteiger partial charge in [0.05, 0.1) is 17.8 Å². The zero-order valence-electron chi connectivity index (χ0n) is 27.7. The smallest absolute Gasteiger partial charge is 0.475 e. The Morgan fingerprint density at radius 2 is 1.46 bits per heavy atom. The number of carboxylic acid groups (broad SMARTS) is 2. The van der Waals surface area contributed by atoms with Crippen molar-refractivity contribution in [2.45, 2.75) is 25.2 Å². The molecule has 5 N–H and O–H groups in total. The van der Waals surface area contributed by atoms with E-state index in [9.17, 15) is 31.1 Å². The van der Waals surface area contributed by atoms with Crippen LogP contribution in [0.15, 0.2) is 72.9 Å². The lowest BCUT2D eigenvalue weighted by Crippen LogP contribution is -2.50. The molecule has 0 unspecified atom stereocenters. The summed E-state index contributed by atoms with van der Waals surface area (Å²) in [4.78, 5) is 43.7. The van der Waals surface area contributed by atoms with Crippen molar-refractivity contribution in [1.29, 1.82) is 5.26 Å². The van der Waals surface area contributed by atoms with E-state index >= 15 is 0 Å². The number of anilines is 6. The van der Waals surface area contributed by atoms with Gasteiger partial charge in [0.1, 0.15) is 5.02 Å². The van der Waals surface area contributed by atoms with Crippen LogP contribution in [0.3, 0.4) is 0 Å². The van der Waals surface area contributed by atoms with Gasteiger partial charge in [-0.3, -0.25) is 0 Å². The molecule has 2 aliphatic heterocycles. The molecule has 54 heavy (non-hydrogen) atoms. The zero-order valence-corrected chi connectivity index (χ0v) is 28.4. The number of halogens is 7. The summed E-state index contributed by atoms with van der Waals surface area (Å²) in [6.07, 6.45) is -6.86. The fourth-order valence-electron chi connectivity index (χ4n) is 5.06. The van der Waals surface area contributed by atoms with Crippen LogP contribution in [0.2, 0.25) is 5.02 Å². The quantitative estimate of drug-likeness (QED) is 0.130. The lowest BCUT2D eigenvalue weighted by atomic mass is 10.0. The van der Waals surface area contributed by atoms with Gasteiger partial charge in [-0.2, -0.15) is 36.6 Å². The molecule has 0 spiro atoms. The third kappa shape index (κ3) is 11.6. The van der Waals surface area contributed by atoms with Gasteiger partial charge in [0, 0.05) is 48.9 Å². The Morgan fingerprint density at radius 1 is 0.833 bits per heavy atom. The fraction of sp³-hybridized carbons (Fsp3) is 0.235. The summed E-state index contributed by atoms with van der Waals surface area (Å²) in [6.45, 7) is 2.62. The summed E-state index contributed by atoms with van der Waals surface area (Å²) in [5.74, 6) is -4.51. The third-order valence-corrected chi connectivity index (χ3v) is 7.86. The molecule has 0 saturated carbocycles. The van der Waals surface area contributed by atoms with Crippen molar-refractivity contribution < 1.29 is 50.9 Å². The number of benzene rings is 3.